The number of fused-ring (bicyclic) bond motifs is 1. The summed E-state index contributed by atoms with van der Waals surface area (Å²) in [7, 11) is 0. The van der Waals surface area contributed by atoms with E-state index in [1.807, 2.05) is 38.1 Å². The summed E-state index contributed by atoms with van der Waals surface area (Å²) in [5.74, 6) is -0.101. The predicted molar refractivity (Wildman–Crippen MR) is 97.2 cm³/mol. The van der Waals surface area contributed by atoms with Crippen LogP contribution in [0.4, 0.5) is 5.69 Å². The summed E-state index contributed by atoms with van der Waals surface area (Å²) in [6.45, 7) is 4.39. The van der Waals surface area contributed by atoms with E-state index in [-0.39, 0.29) is 11.6 Å². The molecule has 1 aliphatic rings. The SMILES string of the molecule is CCOc1ccc(NN=C2CCC(C)n3c2ncc(C(=O)O)c3=O)cc1. The quantitative estimate of drug-likeness (QED) is 0.798. The molecule has 1 atom stereocenters. The van der Waals surface area contributed by atoms with Crippen molar-refractivity contribution in [1.29, 1.82) is 0 Å². The lowest BCUT2D eigenvalue weighted by Gasteiger charge is -2.25. The summed E-state index contributed by atoms with van der Waals surface area (Å²) in [4.78, 5) is 27.8. The van der Waals surface area contributed by atoms with Crippen molar-refractivity contribution in [3.8, 4) is 5.75 Å². The van der Waals surface area contributed by atoms with Gasteiger partial charge >= 0.3 is 5.97 Å². The van der Waals surface area contributed by atoms with Crippen LogP contribution in [0.15, 0.2) is 40.4 Å². The number of hydrazone groups is 1. The van der Waals surface area contributed by atoms with Crippen LogP contribution < -0.4 is 15.7 Å². The Labute approximate surface area is 150 Å². The average molecular weight is 356 g/mol. The molecule has 1 aromatic carbocycles. The van der Waals surface area contributed by atoms with Crippen molar-refractivity contribution >= 4 is 17.4 Å². The number of carboxylic acids is 1. The Morgan fingerprint density at radius 3 is 2.81 bits per heavy atom. The zero-order chi connectivity index (χ0) is 18.7. The third kappa shape index (κ3) is 3.44. The zero-order valence-corrected chi connectivity index (χ0v) is 14.6. The lowest BCUT2D eigenvalue weighted by atomic mass is 10.0. The number of carboxylic acid groups (broad SMARTS) is 1. The summed E-state index contributed by atoms with van der Waals surface area (Å²) >= 11 is 0. The Hall–Kier alpha value is -3.16. The van der Waals surface area contributed by atoms with Gasteiger partial charge < -0.3 is 9.84 Å². The minimum atomic E-state index is -1.28. The largest absolute Gasteiger partial charge is 0.494 e. The summed E-state index contributed by atoms with van der Waals surface area (Å²) in [5, 5.41) is 13.5. The van der Waals surface area contributed by atoms with E-state index in [1.54, 1.807) is 0 Å². The van der Waals surface area contributed by atoms with Gasteiger partial charge in [-0.15, -0.1) is 0 Å². The molecule has 2 heterocycles. The number of aromatic nitrogens is 2. The number of nitrogens with one attached hydrogen (secondary N) is 1. The minimum Gasteiger partial charge on any atom is -0.494 e. The highest BCUT2D eigenvalue weighted by atomic mass is 16.5. The molecule has 0 radical (unpaired) electrons. The molecule has 1 aliphatic heterocycles. The van der Waals surface area contributed by atoms with Gasteiger partial charge in [-0.2, -0.15) is 5.10 Å². The molecule has 0 amide bonds. The fourth-order valence-corrected chi connectivity index (χ4v) is 2.86. The fraction of sp³-hybridized carbons (Fsp3) is 0.333. The maximum absolute atomic E-state index is 12.4. The Morgan fingerprint density at radius 2 is 2.15 bits per heavy atom. The van der Waals surface area contributed by atoms with Crippen LogP contribution in [0.5, 0.6) is 5.75 Å². The maximum atomic E-state index is 12.4. The normalized spacial score (nSPS) is 17.6. The molecule has 0 fully saturated rings. The van der Waals surface area contributed by atoms with Gasteiger partial charge in [0.25, 0.3) is 5.56 Å². The Morgan fingerprint density at radius 1 is 1.42 bits per heavy atom. The first-order valence-corrected chi connectivity index (χ1v) is 8.42. The van der Waals surface area contributed by atoms with Gasteiger partial charge in [-0.1, -0.05) is 0 Å². The van der Waals surface area contributed by atoms with Crippen LogP contribution in [0, 0.1) is 0 Å². The van der Waals surface area contributed by atoms with Crippen molar-refractivity contribution in [2.24, 2.45) is 5.10 Å². The van der Waals surface area contributed by atoms with Gasteiger partial charge in [-0.3, -0.25) is 14.8 Å². The number of nitrogens with zero attached hydrogens (tertiary/aromatic N) is 3. The number of hydrogen-bond acceptors (Lipinski definition) is 6. The molecule has 8 heteroatoms. The summed E-state index contributed by atoms with van der Waals surface area (Å²) in [5.41, 5.74) is 3.46. The Bertz CT molecular complexity index is 902. The first-order valence-electron chi connectivity index (χ1n) is 8.42. The number of anilines is 1. The number of ether oxygens (including phenoxy) is 1. The van der Waals surface area contributed by atoms with Crippen LogP contribution in [0.1, 0.15) is 48.9 Å². The third-order valence-electron chi connectivity index (χ3n) is 4.21. The molecule has 0 saturated heterocycles. The Balaban J connectivity index is 1.89. The van der Waals surface area contributed by atoms with E-state index in [4.69, 9.17) is 9.84 Å². The molecule has 0 saturated carbocycles. The van der Waals surface area contributed by atoms with Crippen LogP contribution in [-0.2, 0) is 0 Å². The monoisotopic (exact) mass is 356 g/mol. The summed E-state index contributed by atoms with van der Waals surface area (Å²) in [6.07, 6.45) is 2.42. The highest BCUT2D eigenvalue weighted by Crippen LogP contribution is 2.22. The number of aromatic carboxylic acids is 1. The van der Waals surface area contributed by atoms with E-state index in [1.165, 1.54) is 4.57 Å². The van der Waals surface area contributed by atoms with E-state index < -0.39 is 11.5 Å². The average Bonchev–Trinajstić information content (AvgIpc) is 2.62. The fourth-order valence-electron chi connectivity index (χ4n) is 2.86. The number of benzene rings is 1. The van der Waals surface area contributed by atoms with Gasteiger partial charge in [0.2, 0.25) is 0 Å². The molecular weight excluding hydrogens is 336 g/mol. The number of hydrogen-bond donors (Lipinski definition) is 2. The molecule has 3 rings (SSSR count). The molecule has 8 nitrogen and oxygen atoms in total. The van der Waals surface area contributed by atoms with Crippen LogP contribution in [0.2, 0.25) is 0 Å². The van der Waals surface area contributed by atoms with Crippen molar-refractivity contribution in [3.63, 3.8) is 0 Å². The molecule has 26 heavy (non-hydrogen) atoms. The van der Waals surface area contributed by atoms with E-state index in [2.05, 4.69) is 15.5 Å². The van der Waals surface area contributed by atoms with Gasteiger partial charge in [-0.05, 0) is 51.0 Å². The number of carbonyl (C=O) groups is 1. The molecule has 136 valence electrons. The smallest absolute Gasteiger partial charge is 0.342 e. The first-order chi connectivity index (χ1) is 12.5. The van der Waals surface area contributed by atoms with Crippen molar-refractivity contribution in [2.45, 2.75) is 32.7 Å². The topological polar surface area (TPSA) is 106 Å². The van der Waals surface area contributed by atoms with Gasteiger partial charge in [0.1, 0.15) is 17.0 Å². The minimum absolute atomic E-state index is 0.131. The Kier molecular flexibility index (Phi) is 5.01. The van der Waals surface area contributed by atoms with Gasteiger partial charge in [0, 0.05) is 12.2 Å². The van der Waals surface area contributed by atoms with Crippen LogP contribution >= 0.6 is 0 Å². The van der Waals surface area contributed by atoms with E-state index in [0.29, 0.717) is 31.0 Å². The highest BCUT2D eigenvalue weighted by Gasteiger charge is 2.26. The lowest BCUT2D eigenvalue weighted by Crippen LogP contribution is -2.37. The van der Waals surface area contributed by atoms with Crippen LogP contribution in [0.3, 0.4) is 0 Å². The molecule has 0 bridgehead atoms. The lowest BCUT2D eigenvalue weighted by molar-refractivity contribution is 0.0693. The van der Waals surface area contributed by atoms with Gasteiger partial charge in [0.05, 0.1) is 12.3 Å². The van der Waals surface area contributed by atoms with Crippen molar-refractivity contribution in [1.82, 2.24) is 9.55 Å². The molecule has 0 aliphatic carbocycles. The standard InChI is InChI=1S/C18H20N4O4/c1-3-26-13-7-5-12(6-8-13)20-21-15-9-4-11(2)22-16(15)19-10-14(17(22)23)18(24)25/h5-8,10-11,20H,3-4,9H2,1-2H3,(H,24,25). The maximum Gasteiger partial charge on any atom is 0.342 e. The predicted octanol–water partition coefficient (Wildman–Crippen LogP) is 2.51. The van der Waals surface area contributed by atoms with Crippen molar-refractivity contribution in [2.75, 3.05) is 12.0 Å². The molecule has 2 N–H and O–H groups in total. The molecule has 1 aromatic heterocycles. The van der Waals surface area contributed by atoms with E-state index >= 15 is 0 Å². The molecule has 1 unspecified atom stereocenters. The van der Waals surface area contributed by atoms with Crippen molar-refractivity contribution in [3.05, 3.63) is 52.2 Å². The second-order valence-corrected chi connectivity index (χ2v) is 5.99. The zero-order valence-electron chi connectivity index (χ0n) is 14.6. The summed E-state index contributed by atoms with van der Waals surface area (Å²) in [6, 6.07) is 7.23. The highest BCUT2D eigenvalue weighted by molar-refractivity contribution is 5.99. The summed E-state index contributed by atoms with van der Waals surface area (Å²) < 4.78 is 6.81. The molecule has 0 spiro atoms. The number of rotatable bonds is 5. The van der Waals surface area contributed by atoms with Gasteiger partial charge in [0.15, 0.2) is 5.82 Å². The van der Waals surface area contributed by atoms with E-state index in [9.17, 15) is 9.59 Å². The molecule has 2 aromatic rings. The van der Waals surface area contributed by atoms with Crippen LogP contribution in [0.25, 0.3) is 0 Å². The first kappa shape index (κ1) is 17.7. The van der Waals surface area contributed by atoms with Crippen molar-refractivity contribution < 1.29 is 14.6 Å². The second kappa shape index (κ2) is 7.38. The second-order valence-electron chi connectivity index (χ2n) is 5.99. The van der Waals surface area contributed by atoms with Gasteiger partial charge in [-0.25, -0.2) is 9.78 Å². The van der Waals surface area contributed by atoms with E-state index in [0.717, 1.165) is 17.6 Å². The molecular formula is C18H20N4O4. The van der Waals surface area contributed by atoms with Crippen LogP contribution in [-0.4, -0.2) is 32.9 Å². The third-order valence-corrected chi connectivity index (χ3v) is 4.21.